The van der Waals surface area contributed by atoms with Crippen molar-refractivity contribution in [3.05, 3.63) is 28.6 Å². The standard InChI is InChI=1S/C10H6BrF2N3/c11-4-6-3-7(10(12)13)8(5-15)9(16-6)1-2-14/h3,10H,1,4H2. The Balaban J connectivity index is 3.43. The summed E-state index contributed by atoms with van der Waals surface area (Å²) in [6, 6.07) is 4.65. The fraction of sp³-hybridized carbons (Fsp3) is 0.300. The Bertz CT molecular complexity index is 474. The first-order valence-electron chi connectivity index (χ1n) is 4.27. The van der Waals surface area contributed by atoms with Crippen LogP contribution in [0.1, 0.15) is 28.9 Å². The van der Waals surface area contributed by atoms with Crippen LogP contribution in [0.4, 0.5) is 8.78 Å². The molecule has 0 amide bonds. The zero-order valence-electron chi connectivity index (χ0n) is 8.04. The molecule has 1 rings (SSSR count). The number of alkyl halides is 3. The summed E-state index contributed by atoms with van der Waals surface area (Å²) in [6.45, 7) is 0. The lowest BCUT2D eigenvalue weighted by molar-refractivity contribution is 0.150. The Morgan fingerprint density at radius 2 is 2.12 bits per heavy atom. The first kappa shape index (κ1) is 12.5. The average molecular weight is 286 g/mol. The molecule has 0 radical (unpaired) electrons. The van der Waals surface area contributed by atoms with Crippen LogP contribution in [0.5, 0.6) is 0 Å². The van der Waals surface area contributed by atoms with E-state index in [-0.39, 0.29) is 23.2 Å². The normalized spacial score (nSPS) is 9.88. The van der Waals surface area contributed by atoms with Gasteiger partial charge in [-0.1, -0.05) is 15.9 Å². The second-order valence-electron chi connectivity index (χ2n) is 2.91. The first-order valence-corrected chi connectivity index (χ1v) is 5.40. The van der Waals surface area contributed by atoms with E-state index >= 15 is 0 Å². The van der Waals surface area contributed by atoms with Crippen LogP contribution >= 0.6 is 15.9 Å². The minimum Gasteiger partial charge on any atom is -0.254 e. The molecule has 3 nitrogen and oxygen atoms in total. The second kappa shape index (κ2) is 5.53. The molecule has 0 aliphatic rings. The van der Waals surface area contributed by atoms with Gasteiger partial charge in [-0.25, -0.2) is 8.78 Å². The van der Waals surface area contributed by atoms with Gasteiger partial charge >= 0.3 is 0 Å². The molecule has 1 aromatic heterocycles. The molecular weight excluding hydrogens is 280 g/mol. The third kappa shape index (κ3) is 2.53. The van der Waals surface area contributed by atoms with Gasteiger partial charge in [0.15, 0.2) is 0 Å². The number of nitrogens with zero attached hydrogens (tertiary/aromatic N) is 3. The summed E-state index contributed by atoms with van der Waals surface area (Å²) < 4.78 is 25.3. The Kier molecular flexibility index (Phi) is 4.33. The Morgan fingerprint density at radius 3 is 2.56 bits per heavy atom. The molecule has 0 saturated carbocycles. The minimum atomic E-state index is -2.74. The largest absolute Gasteiger partial charge is 0.265 e. The van der Waals surface area contributed by atoms with Gasteiger partial charge in [0, 0.05) is 10.9 Å². The highest BCUT2D eigenvalue weighted by atomic mass is 79.9. The van der Waals surface area contributed by atoms with E-state index in [1.807, 2.05) is 0 Å². The molecule has 0 aliphatic carbocycles. The summed E-state index contributed by atoms with van der Waals surface area (Å²) in [7, 11) is 0. The molecule has 0 atom stereocenters. The monoisotopic (exact) mass is 285 g/mol. The first-order chi connectivity index (χ1) is 7.63. The third-order valence-electron chi connectivity index (χ3n) is 1.91. The molecule has 0 saturated heterocycles. The molecule has 6 heteroatoms. The summed E-state index contributed by atoms with van der Waals surface area (Å²) in [5.74, 6) is 0. The highest BCUT2D eigenvalue weighted by Gasteiger charge is 2.18. The van der Waals surface area contributed by atoms with Crippen molar-refractivity contribution >= 4 is 15.9 Å². The third-order valence-corrected chi connectivity index (χ3v) is 2.48. The van der Waals surface area contributed by atoms with Gasteiger partial charge in [0.1, 0.15) is 6.07 Å². The number of nitriles is 2. The lowest BCUT2D eigenvalue weighted by Crippen LogP contribution is -2.03. The van der Waals surface area contributed by atoms with Crippen molar-refractivity contribution in [2.24, 2.45) is 0 Å². The number of hydrogen-bond acceptors (Lipinski definition) is 3. The van der Waals surface area contributed by atoms with E-state index in [1.165, 1.54) is 6.07 Å². The Hall–Kier alpha value is -1.53. The zero-order valence-corrected chi connectivity index (χ0v) is 9.63. The molecule has 82 valence electrons. The van der Waals surface area contributed by atoms with Gasteiger partial charge in [0.05, 0.1) is 29.4 Å². The predicted molar refractivity (Wildman–Crippen MR) is 55.9 cm³/mol. The van der Waals surface area contributed by atoms with E-state index in [4.69, 9.17) is 10.5 Å². The molecule has 0 aliphatic heterocycles. The fourth-order valence-electron chi connectivity index (χ4n) is 1.25. The molecule has 1 heterocycles. The lowest BCUT2D eigenvalue weighted by Gasteiger charge is -2.08. The fourth-order valence-corrected chi connectivity index (χ4v) is 1.54. The molecule has 1 aromatic rings. The maximum absolute atomic E-state index is 12.7. The summed E-state index contributed by atoms with van der Waals surface area (Å²) >= 11 is 3.10. The van der Waals surface area contributed by atoms with Crippen LogP contribution in [0, 0.1) is 22.7 Å². The molecular formula is C10H6BrF2N3. The van der Waals surface area contributed by atoms with Crippen LogP contribution in [-0.4, -0.2) is 4.98 Å². The smallest absolute Gasteiger partial charge is 0.254 e. The zero-order chi connectivity index (χ0) is 12.1. The van der Waals surface area contributed by atoms with E-state index < -0.39 is 6.43 Å². The van der Waals surface area contributed by atoms with Gasteiger partial charge in [-0.2, -0.15) is 10.5 Å². The van der Waals surface area contributed by atoms with Crippen LogP contribution in [0.3, 0.4) is 0 Å². The number of pyridine rings is 1. The van der Waals surface area contributed by atoms with E-state index in [2.05, 4.69) is 20.9 Å². The molecule has 0 unspecified atom stereocenters. The molecule has 0 spiro atoms. The van der Waals surface area contributed by atoms with Crippen LogP contribution in [0.2, 0.25) is 0 Å². The van der Waals surface area contributed by atoms with Gasteiger partial charge in [-0.05, 0) is 6.07 Å². The van der Waals surface area contributed by atoms with Crippen LogP contribution in [0.25, 0.3) is 0 Å². The SMILES string of the molecule is N#CCc1nc(CBr)cc(C(F)F)c1C#N. The van der Waals surface area contributed by atoms with Gasteiger partial charge in [0.25, 0.3) is 6.43 Å². The highest BCUT2D eigenvalue weighted by molar-refractivity contribution is 9.08. The summed E-state index contributed by atoms with van der Waals surface area (Å²) in [5, 5.41) is 17.6. The van der Waals surface area contributed by atoms with Crippen molar-refractivity contribution in [3.63, 3.8) is 0 Å². The maximum Gasteiger partial charge on any atom is 0.265 e. The maximum atomic E-state index is 12.7. The van der Waals surface area contributed by atoms with Crippen molar-refractivity contribution < 1.29 is 8.78 Å². The Labute approximate surface area is 99.5 Å². The van der Waals surface area contributed by atoms with E-state index in [0.717, 1.165) is 0 Å². The topological polar surface area (TPSA) is 60.5 Å². The van der Waals surface area contributed by atoms with Crippen molar-refractivity contribution in [3.8, 4) is 12.1 Å². The number of rotatable bonds is 3. The van der Waals surface area contributed by atoms with Crippen molar-refractivity contribution in [1.82, 2.24) is 4.98 Å². The predicted octanol–water partition coefficient (Wildman–Crippen LogP) is 2.85. The van der Waals surface area contributed by atoms with Crippen molar-refractivity contribution in [1.29, 1.82) is 10.5 Å². The van der Waals surface area contributed by atoms with Gasteiger partial charge < -0.3 is 0 Å². The van der Waals surface area contributed by atoms with Crippen molar-refractivity contribution in [2.75, 3.05) is 0 Å². The van der Waals surface area contributed by atoms with E-state index in [9.17, 15) is 8.78 Å². The second-order valence-corrected chi connectivity index (χ2v) is 3.47. The molecule has 0 fully saturated rings. The highest BCUT2D eigenvalue weighted by Crippen LogP contribution is 2.26. The molecule has 0 aromatic carbocycles. The van der Waals surface area contributed by atoms with Crippen LogP contribution < -0.4 is 0 Å². The van der Waals surface area contributed by atoms with Gasteiger partial charge in [-0.15, -0.1) is 0 Å². The number of aromatic nitrogens is 1. The Morgan fingerprint density at radius 1 is 1.44 bits per heavy atom. The average Bonchev–Trinajstić information content (AvgIpc) is 2.28. The molecule has 16 heavy (non-hydrogen) atoms. The molecule has 0 N–H and O–H groups in total. The minimum absolute atomic E-state index is 0.109. The van der Waals surface area contributed by atoms with Crippen molar-refractivity contribution in [2.45, 2.75) is 18.2 Å². The summed E-state index contributed by atoms with van der Waals surface area (Å²) in [6.07, 6.45) is -2.89. The quantitative estimate of drug-likeness (QED) is 0.803. The van der Waals surface area contributed by atoms with Crippen LogP contribution in [-0.2, 0) is 11.8 Å². The number of hydrogen-bond donors (Lipinski definition) is 0. The van der Waals surface area contributed by atoms with E-state index in [0.29, 0.717) is 11.0 Å². The lowest BCUT2D eigenvalue weighted by atomic mass is 10.0. The van der Waals surface area contributed by atoms with Gasteiger partial charge in [0.2, 0.25) is 0 Å². The summed E-state index contributed by atoms with van der Waals surface area (Å²) in [5.41, 5.74) is -0.0600. The number of halogens is 3. The summed E-state index contributed by atoms with van der Waals surface area (Å²) in [4.78, 5) is 3.97. The van der Waals surface area contributed by atoms with Crippen LogP contribution in [0.15, 0.2) is 6.07 Å². The molecule has 0 bridgehead atoms. The van der Waals surface area contributed by atoms with Gasteiger partial charge in [-0.3, -0.25) is 4.98 Å². The van der Waals surface area contributed by atoms with E-state index in [1.54, 1.807) is 12.1 Å².